The zero-order valence-corrected chi connectivity index (χ0v) is 12.0. The lowest BCUT2D eigenvalue weighted by Gasteiger charge is -2.30. The van der Waals surface area contributed by atoms with E-state index in [9.17, 15) is 4.79 Å². The number of alkyl halides is 1. The van der Waals surface area contributed by atoms with E-state index in [2.05, 4.69) is 5.32 Å². The number of nitrogens with one attached hydrogen (secondary N) is 1. The van der Waals surface area contributed by atoms with Gasteiger partial charge in [-0.3, -0.25) is 4.79 Å². The topological polar surface area (TPSA) is 42.2 Å². The Labute approximate surface area is 123 Å². The van der Waals surface area contributed by atoms with Gasteiger partial charge in [-0.15, -0.1) is 11.6 Å². The van der Waals surface area contributed by atoms with Crippen LogP contribution in [0.4, 0.5) is 0 Å². The second-order valence-corrected chi connectivity index (χ2v) is 5.74. The van der Waals surface area contributed by atoms with E-state index < -0.39 is 0 Å². The number of furan rings is 1. The van der Waals surface area contributed by atoms with Gasteiger partial charge in [0.1, 0.15) is 5.58 Å². The van der Waals surface area contributed by atoms with E-state index >= 15 is 0 Å². The number of carbonyl (C=O) groups is 1. The van der Waals surface area contributed by atoms with Gasteiger partial charge >= 0.3 is 0 Å². The molecule has 1 aromatic heterocycles. The molecule has 0 radical (unpaired) electrons. The Morgan fingerprint density at radius 3 is 2.90 bits per heavy atom. The van der Waals surface area contributed by atoms with Gasteiger partial charge in [-0.25, -0.2) is 0 Å². The Kier molecular flexibility index (Phi) is 3.97. The lowest BCUT2D eigenvalue weighted by Crippen LogP contribution is -2.42. The predicted octanol–water partition coefficient (Wildman–Crippen LogP) is 3.96. The molecule has 1 aliphatic carbocycles. The van der Waals surface area contributed by atoms with Crippen molar-refractivity contribution in [1.29, 1.82) is 0 Å². The molecule has 1 fully saturated rings. The van der Waals surface area contributed by atoms with Crippen molar-refractivity contribution in [3.8, 4) is 0 Å². The number of hydrogen-bond donors (Lipinski definition) is 1. The van der Waals surface area contributed by atoms with Gasteiger partial charge < -0.3 is 9.73 Å². The Morgan fingerprint density at radius 2 is 2.10 bits per heavy atom. The second kappa shape index (κ2) is 5.88. The zero-order chi connectivity index (χ0) is 13.9. The number of carbonyl (C=O) groups excluding carboxylic acids is 1. The van der Waals surface area contributed by atoms with Crippen LogP contribution in [0, 0.1) is 5.92 Å². The molecule has 2 atom stereocenters. The summed E-state index contributed by atoms with van der Waals surface area (Å²) in [5, 5.41) is 4.03. The Balaban J connectivity index is 1.75. The Bertz CT molecular complexity index is 574. The summed E-state index contributed by atoms with van der Waals surface area (Å²) in [7, 11) is 0. The third-order valence-corrected chi connectivity index (χ3v) is 4.47. The minimum Gasteiger partial charge on any atom is -0.451 e. The first-order valence-electron chi connectivity index (χ1n) is 7.13. The van der Waals surface area contributed by atoms with E-state index in [1.807, 2.05) is 24.3 Å². The summed E-state index contributed by atoms with van der Waals surface area (Å²) in [5.74, 6) is 1.22. The summed E-state index contributed by atoms with van der Waals surface area (Å²) < 4.78 is 5.60. The van der Waals surface area contributed by atoms with Gasteiger partial charge in [-0.2, -0.15) is 0 Å². The van der Waals surface area contributed by atoms with Crippen LogP contribution in [0.3, 0.4) is 0 Å². The average Bonchev–Trinajstić information content (AvgIpc) is 2.92. The molecule has 0 aliphatic heterocycles. The minimum atomic E-state index is -0.136. The molecule has 1 amide bonds. The zero-order valence-electron chi connectivity index (χ0n) is 11.3. The highest BCUT2D eigenvalue weighted by atomic mass is 35.5. The smallest absolute Gasteiger partial charge is 0.287 e. The first-order valence-corrected chi connectivity index (χ1v) is 7.67. The number of para-hydroxylation sites is 1. The van der Waals surface area contributed by atoms with Gasteiger partial charge in [0.15, 0.2) is 5.76 Å². The molecule has 1 saturated carbocycles. The Hall–Kier alpha value is -1.48. The van der Waals surface area contributed by atoms with Gasteiger partial charge in [0.25, 0.3) is 5.91 Å². The number of halogens is 1. The number of hydrogen-bond acceptors (Lipinski definition) is 2. The summed E-state index contributed by atoms with van der Waals surface area (Å²) in [6.07, 6.45) is 4.45. The van der Waals surface area contributed by atoms with Crippen molar-refractivity contribution in [2.75, 3.05) is 5.88 Å². The molecular weight excluding hydrogens is 274 g/mol. The van der Waals surface area contributed by atoms with E-state index in [4.69, 9.17) is 16.0 Å². The standard InChI is InChI=1S/C16H18ClNO2/c17-10-12-6-1-3-7-13(12)18-16(19)15-9-11-5-2-4-8-14(11)20-15/h2,4-5,8-9,12-13H,1,3,6-7,10H2,(H,18,19). The number of rotatable bonds is 3. The van der Waals surface area contributed by atoms with Crippen LogP contribution < -0.4 is 5.32 Å². The summed E-state index contributed by atoms with van der Waals surface area (Å²) in [6.45, 7) is 0. The van der Waals surface area contributed by atoms with Crippen molar-refractivity contribution in [1.82, 2.24) is 5.32 Å². The molecule has 1 aromatic carbocycles. The summed E-state index contributed by atoms with van der Waals surface area (Å²) >= 11 is 5.99. The molecule has 1 N–H and O–H groups in total. The number of fused-ring (bicyclic) bond motifs is 1. The van der Waals surface area contributed by atoms with Crippen molar-refractivity contribution in [3.63, 3.8) is 0 Å². The fourth-order valence-electron chi connectivity index (χ4n) is 2.92. The van der Waals surface area contributed by atoms with Gasteiger partial charge in [0.2, 0.25) is 0 Å². The van der Waals surface area contributed by atoms with Crippen molar-refractivity contribution in [2.24, 2.45) is 5.92 Å². The highest BCUT2D eigenvalue weighted by molar-refractivity contribution is 6.18. The summed E-state index contributed by atoms with van der Waals surface area (Å²) in [4.78, 5) is 12.3. The predicted molar refractivity (Wildman–Crippen MR) is 80.1 cm³/mol. The van der Waals surface area contributed by atoms with Crippen LogP contribution in [0.1, 0.15) is 36.2 Å². The summed E-state index contributed by atoms with van der Waals surface area (Å²) in [6, 6.07) is 9.61. The van der Waals surface area contributed by atoms with Crippen LogP contribution in [-0.2, 0) is 0 Å². The maximum absolute atomic E-state index is 12.3. The molecule has 0 spiro atoms. The molecule has 20 heavy (non-hydrogen) atoms. The van der Waals surface area contributed by atoms with Crippen LogP contribution in [0.25, 0.3) is 11.0 Å². The third-order valence-electron chi connectivity index (χ3n) is 4.07. The fraction of sp³-hybridized carbons (Fsp3) is 0.438. The first kappa shape index (κ1) is 13.5. The normalized spacial score (nSPS) is 22.9. The lowest BCUT2D eigenvalue weighted by molar-refractivity contribution is 0.0885. The van der Waals surface area contributed by atoms with E-state index in [0.29, 0.717) is 17.6 Å². The SMILES string of the molecule is O=C(NC1CCCCC1CCl)c1cc2ccccc2o1. The van der Waals surface area contributed by atoms with Crippen LogP contribution in [-0.4, -0.2) is 17.8 Å². The molecule has 0 saturated heterocycles. The highest BCUT2D eigenvalue weighted by Crippen LogP contribution is 2.26. The van der Waals surface area contributed by atoms with Gasteiger partial charge in [0, 0.05) is 17.3 Å². The lowest BCUT2D eigenvalue weighted by atomic mass is 9.86. The molecule has 4 heteroatoms. The largest absolute Gasteiger partial charge is 0.451 e. The van der Waals surface area contributed by atoms with Crippen LogP contribution in [0.15, 0.2) is 34.7 Å². The van der Waals surface area contributed by atoms with Crippen LogP contribution in [0.2, 0.25) is 0 Å². The van der Waals surface area contributed by atoms with Gasteiger partial charge in [0.05, 0.1) is 0 Å². The van der Waals surface area contributed by atoms with Crippen molar-refractivity contribution < 1.29 is 9.21 Å². The molecule has 2 aromatic rings. The van der Waals surface area contributed by atoms with Crippen molar-refractivity contribution >= 4 is 28.5 Å². The third kappa shape index (κ3) is 2.68. The molecule has 1 aliphatic rings. The molecule has 1 heterocycles. The molecular formula is C16H18ClNO2. The van der Waals surface area contributed by atoms with E-state index in [0.717, 1.165) is 30.2 Å². The Morgan fingerprint density at radius 1 is 1.30 bits per heavy atom. The van der Waals surface area contributed by atoms with E-state index in [1.54, 1.807) is 6.07 Å². The summed E-state index contributed by atoms with van der Waals surface area (Å²) in [5.41, 5.74) is 0.746. The molecule has 106 valence electrons. The maximum Gasteiger partial charge on any atom is 0.287 e. The maximum atomic E-state index is 12.3. The molecule has 2 unspecified atom stereocenters. The molecule has 0 bridgehead atoms. The van der Waals surface area contributed by atoms with Gasteiger partial charge in [-0.1, -0.05) is 31.0 Å². The number of amides is 1. The minimum absolute atomic E-state index is 0.136. The average molecular weight is 292 g/mol. The molecule has 3 nitrogen and oxygen atoms in total. The van der Waals surface area contributed by atoms with Crippen LogP contribution in [0.5, 0.6) is 0 Å². The number of benzene rings is 1. The second-order valence-electron chi connectivity index (χ2n) is 5.43. The quantitative estimate of drug-likeness (QED) is 0.870. The van der Waals surface area contributed by atoms with E-state index in [1.165, 1.54) is 6.42 Å². The van der Waals surface area contributed by atoms with E-state index in [-0.39, 0.29) is 11.9 Å². The monoisotopic (exact) mass is 291 g/mol. The highest BCUT2D eigenvalue weighted by Gasteiger charge is 2.26. The fourth-order valence-corrected chi connectivity index (χ4v) is 3.29. The van der Waals surface area contributed by atoms with Crippen molar-refractivity contribution in [3.05, 3.63) is 36.1 Å². The first-order chi connectivity index (χ1) is 9.78. The molecule has 3 rings (SSSR count). The van der Waals surface area contributed by atoms with Crippen LogP contribution >= 0.6 is 11.6 Å². The van der Waals surface area contributed by atoms with Gasteiger partial charge in [-0.05, 0) is 30.9 Å². The van der Waals surface area contributed by atoms with Crippen molar-refractivity contribution in [2.45, 2.75) is 31.7 Å².